The average Bonchev–Trinajstić information content (AvgIpc) is 3.76. The summed E-state index contributed by atoms with van der Waals surface area (Å²) in [6, 6.07) is 71.2. The van der Waals surface area contributed by atoms with Crippen LogP contribution >= 0.6 is 0 Å². The van der Waals surface area contributed by atoms with Gasteiger partial charge in [0.05, 0.1) is 16.8 Å². The summed E-state index contributed by atoms with van der Waals surface area (Å²) in [5.74, 6) is 2.97. The minimum Gasteiger partial charge on any atom is -0.450 e. The maximum absolute atomic E-state index is 6.88. The van der Waals surface area contributed by atoms with Crippen LogP contribution in [0, 0.1) is 0 Å². The Bertz CT molecular complexity index is 2960. The Morgan fingerprint density at radius 3 is 1.49 bits per heavy atom. The minimum atomic E-state index is -0.607. The van der Waals surface area contributed by atoms with E-state index in [2.05, 4.69) is 170 Å². The molecule has 2 heterocycles. The van der Waals surface area contributed by atoms with Crippen molar-refractivity contribution in [3.8, 4) is 90.0 Å². The van der Waals surface area contributed by atoms with Crippen LogP contribution in [0.3, 0.4) is 0 Å². The fourth-order valence-corrected chi connectivity index (χ4v) is 9.45. The van der Waals surface area contributed by atoms with Gasteiger partial charge >= 0.3 is 0 Å². The highest BCUT2D eigenvalue weighted by molar-refractivity contribution is 5.98. The molecule has 3 aliphatic rings. The molecule has 0 radical (unpaired) electrons. The highest BCUT2D eigenvalue weighted by Gasteiger charge is 2.54. The number of fused-ring (bicyclic) bond motifs is 13. The third kappa shape index (κ3) is 4.69. The number of aromatic nitrogens is 1. The van der Waals surface area contributed by atoms with Crippen LogP contribution in [0.25, 0.3) is 67.0 Å². The highest BCUT2D eigenvalue weighted by atomic mass is 16.6. The van der Waals surface area contributed by atoms with E-state index in [0.29, 0.717) is 0 Å². The summed E-state index contributed by atoms with van der Waals surface area (Å²) in [5.41, 5.74) is 17.8. The second kappa shape index (κ2) is 12.3. The lowest BCUT2D eigenvalue weighted by molar-refractivity contribution is 0.354. The van der Waals surface area contributed by atoms with Gasteiger partial charge in [-0.25, -0.2) is 4.98 Å². The smallest absolute Gasteiger partial charge is 0.175 e. The number of pyridine rings is 1. The van der Waals surface area contributed by atoms with Crippen molar-refractivity contribution >= 4 is 0 Å². The van der Waals surface area contributed by atoms with E-state index >= 15 is 0 Å². The molecular formula is C54H33NO2. The van der Waals surface area contributed by atoms with E-state index < -0.39 is 5.41 Å². The molecule has 266 valence electrons. The molecular weight excluding hydrogens is 695 g/mol. The van der Waals surface area contributed by atoms with Crippen LogP contribution < -0.4 is 9.47 Å². The van der Waals surface area contributed by atoms with Crippen LogP contribution in [0.1, 0.15) is 22.3 Å². The normalized spacial score (nSPS) is 13.3. The van der Waals surface area contributed by atoms with Gasteiger partial charge in [-0.3, -0.25) is 0 Å². The highest BCUT2D eigenvalue weighted by Crippen LogP contribution is 2.67. The number of benzene rings is 8. The van der Waals surface area contributed by atoms with E-state index in [1.807, 2.05) is 30.3 Å². The molecule has 9 aromatic rings. The van der Waals surface area contributed by atoms with E-state index in [-0.39, 0.29) is 0 Å². The number of ether oxygens (including phenoxy) is 2. The molecule has 12 rings (SSSR count). The molecule has 0 fully saturated rings. The quantitative estimate of drug-likeness (QED) is 0.181. The van der Waals surface area contributed by atoms with Crippen LogP contribution in [0.15, 0.2) is 200 Å². The van der Waals surface area contributed by atoms with Crippen molar-refractivity contribution in [3.63, 3.8) is 0 Å². The van der Waals surface area contributed by atoms with Gasteiger partial charge in [-0.2, -0.15) is 0 Å². The van der Waals surface area contributed by atoms with Crippen LogP contribution in [0.2, 0.25) is 0 Å². The second-order valence-electron chi connectivity index (χ2n) is 15.0. The van der Waals surface area contributed by atoms with Gasteiger partial charge < -0.3 is 9.47 Å². The zero-order chi connectivity index (χ0) is 37.5. The molecule has 0 N–H and O–H groups in total. The zero-order valence-corrected chi connectivity index (χ0v) is 30.8. The van der Waals surface area contributed by atoms with Gasteiger partial charge in [-0.1, -0.05) is 164 Å². The molecule has 0 atom stereocenters. The topological polar surface area (TPSA) is 31.4 Å². The summed E-state index contributed by atoms with van der Waals surface area (Å²) in [4.78, 5) is 5.19. The summed E-state index contributed by atoms with van der Waals surface area (Å²) in [6.45, 7) is 0. The molecule has 1 aromatic heterocycles. The number of hydrogen-bond donors (Lipinski definition) is 0. The number of para-hydroxylation sites is 2. The largest absolute Gasteiger partial charge is 0.450 e. The first-order valence-corrected chi connectivity index (χ1v) is 19.4. The minimum absolute atomic E-state index is 0.607. The molecule has 0 bridgehead atoms. The Hall–Kier alpha value is -7.49. The Kier molecular flexibility index (Phi) is 6.84. The third-order valence-corrected chi connectivity index (χ3v) is 12.0. The molecule has 0 saturated carbocycles. The second-order valence-corrected chi connectivity index (χ2v) is 15.0. The van der Waals surface area contributed by atoms with Crippen molar-refractivity contribution in [2.45, 2.75) is 5.41 Å². The lowest BCUT2D eigenvalue weighted by Crippen LogP contribution is -2.27. The maximum Gasteiger partial charge on any atom is 0.175 e. The van der Waals surface area contributed by atoms with Crippen molar-refractivity contribution in [3.05, 3.63) is 222 Å². The van der Waals surface area contributed by atoms with E-state index in [9.17, 15) is 0 Å². The summed E-state index contributed by atoms with van der Waals surface area (Å²) >= 11 is 0. The van der Waals surface area contributed by atoms with Gasteiger partial charge in [-0.05, 0) is 97.6 Å². The van der Waals surface area contributed by atoms with Gasteiger partial charge in [-0.15, -0.1) is 0 Å². The predicted octanol–water partition coefficient (Wildman–Crippen LogP) is 14.0. The summed E-state index contributed by atoms with van der Waals surface area (Å²) in [5, 5.41) is 0. The Labute approximate surface area is 331 Å². The van der Waals surface area contributed by atoms with Crippen molar-refractivity contribution in [2.75, 3.05) is 0 Å². The lowest BCUT2D eigenvalue weighted by Gasteiger charge is -2.33. The van der Waals surface area contributed by atoms with Crippen LogP contribution in [0.5, 0.6) is 23.0 Å². The van der Waals surface area contributed by atoms with Crippen molar-refractivity contribution in [1.82, 2.24) is 4.98 Å². The Morgan fingerprint density at radius 1 is 0.316 bits per heavy atom. The SMILES string of the molecule is c1ccc(-c2cc(-c3ccccc3)nc(-c3ccc(-c4ccc5c(c4)C4(c6ccccc6-c6ccccc64)c4c-5ccc5c4Oc4ccccc4O5)cc3)c2)cc1. The number of rotatable bonds is 4. The maximum atomic E-state index is 6.88. The van der Waals surface area contributed by atoms with Gasteiger partial charge in [0.15, 0.2) is 23.0 Å². The molecule has 0 amide bonds. The first kappa shape index (κ1) is 31.8. The zero-order valence-electron chi connectivity index (χ0n) is 30.8. The van der Waals surface area contributed by atoms with E-state index in [4.69, 9.17) is 14.5 Å². The Balaban J connectivity index is 1.02. The molecule has 3 heteroatoms. The molecule has 0 saturated heterocycles. The van der Waals surface area contributed by atoms with E-state index in [0.717, 1.165) is 67.8 Å². The molecule has 1 aliphatic heterocycles. The monoisotopic (exact) mass is 727 g/mol. The average molecular weight is 728 g/mol. The molecule has 0 unspecified atom stereocenters. The molecule has 8 aromatic carbocycles. The summed E-state index contributed by atoms with van der Waals surface area (Å²) in [7, 11) is 0. The van der Waals surface area contributed by atoms with Gasteiger partial charge in [0.25, 0.3) is 0 Å². The standard InChI is InChI=1S/C54H33NO2/c1-3-13-34(14-4-1)39-32-47(36-15-5-2-6-16-36)55-48(33-39)37-25-23-35(24-26-37)38-27-28-42-43-29-30-51-53(57-50-22-12-11-21-49(50)56-51)52(43)54(46(42)31-38)44-19-9-7-17-40(44)41-18-8-10-20-45(41)54/h1-33H. The summed E-state index contributed by atoms with van der Waals surface area (Å²) in [6.07, 6.45) is 0. The lowest BCUT2D eigenvalue weighted by atomic mass is 9.70. The van der Waals surface area contributed by atoms with E-state index in [1.165, 1.54) is 44.5 Å². The van der Waals surface area contributed by atoms with Crippen LogP contribution in [0.4, 0.5) is 0 Å². The number of nitrogens with zero attached hydrogens (tertiary/aromatic N) is 1. The summed E-state index contributed by atoms with van der Waals surface area (Å²) < 4.78 is 13.4. The van der Waals surface area contributed by atoms with Gasteiger partial charge in [0, 0.05) is 16.7 Å². The van der Waals surface area contributed by atoms with Gasteiger partial charge in [0.2, 0.25) is 0 Å². The van der Waals surface area contributed by atoms with Gasteiger partial charge in [0.1, 0.15) is 0 Å². The fraction of sp³-hybridized carbons (Fsp3) is 0.0185. The van der Waals surface area contributed by atoms with Crippen molar-refractivity contribution in [1.29, 1.82) is 0 Å². The third-order valence-electron chi connectivity index (χ3n) is 12.0. The predicted molar refractivity (Wildman–Crippen MR) is 229 cm³/mol. The molecule has 3 nitrogen and oxygen atoms in total. The first-order valence-electron chi connectivity index (χ1n) is 19.4. The fourth-order valence-electron chi connectivity index (χ4n) is 9.45. The van der Waals surface area contributed by atoms with E-state index in [1.54, 1.807) is 0 Å². The molecule has 2 aliphatic carbocycles. The number of hydrogen-bond acceptors (Lipinski definition) is 3. The molecule has 57 heavy (non-hydrogen) atoms. The van der Waals surface area contributed by atoms with Crippen LogP contribution in [-0.4, -0.2) is 4.98 Å². The van der Waals surface area contributed by atoms with Crippen molar-refractivity contribution < 1.29 is 9.47 Å². The molecule has 1 spiro atoms. The van der Waals surface area contributed by atoms with Crippen molar-refractivity contribution in [2.24, 2.45) is 0 Å². The first-order chi connectivity index (χ1) is 28.2. The Morgan fingerprint density at radius 2 is 0.807 bits per heavy atom. The van der Waals surface area contributed by atoms with Crippen LogP contribution in [-0.2, 0) is 5.41 Å².